The molecule has 2 unspecified atom stereocenters. The van der Waals surface area contributed by atoms with Gasteiger partial charge in [0.1, 0.15) is 24.4 Å². The van der Waals surface area contributed by atoms with Crippen molar-refractivity contribution >= 4 is 33.4 Å². The van der Waals surface area contributed by atoms with Gasteiger partial charge in [0.05, 0.1) is 11.0 Å². The maximum absolute atomic E-state index is 4.43. The van der Waals surface area contributed by atoms with Gasteiger partial charge in [-0.2, -0.15) is 0 Å². The molecule has 2 heterocycles. The Hall–Kier alpha value is -3.94. The van der Waals surface area contributed by atoms with Gasteiger partial charge in [0.2, 0.25) is 0 Å². The van der Waals surface area contributed by atoms with E-state index in [0.29, 0.717) is 25.4 Å². The third-order valence-corrected chi connectivity index (χ3v) is 7.17. The molecule has 0 bridgehead atoms. The summed E-state index contributed by atoms with van der Waals surface area (Å²) in [5, 5.41) is 17.5. The highest BCUT2D eigenvalue weighted by atomic mass is 15.5. The van der Waals surface area contributed by atoms with Crippen LogP contribution >= 0.6 is 0 Å². The first-order chi connectivity index (χ1) is 17.6. The molecule has 0 aliphatic carbocycles. The van der Waals surface area contributed by atoms with E-state index < -0.39 is 0 Å². The normalized spacial score (nSPS) is 13.2. The summed E-state index contributed by atoms with van der Waals surface area (Å²) in [5.74, 6) is 0. The second-order valence-electron chi connectivity index (χ2n) is 9.41. The summed E-state index contributed by atoms with van der Waals surface area (Å²) in [4.78, 5) is 4.78. The van der Waals surface area contributed by atoms with Crippen molar-refractivity contribution in [2.75, 3.05) is 9.80 Å². The molecule has 2 aromatic heterocycles. The van der Waals surface area contributed by atoms with E-state index in [1.165, 1.54) is 11.4 Å². The van der Waals surface area contributed by atoms with E-state index in [-0.39, 0.29) is 0 Å². The number of para-hydroxylation sites is 2. The molecular formula is C28H34N8. The van der Waals surface area contributed by atoms with E-state index >= 15 is 0 Å². The Kier molecular flexibility index (Phi) is 6.84. The lowest BCUT2D eigenvalue weighted by Crippen LogP contribution is -2.36. The van der Waals surface area contributed by atoms with Crippen molar-refractivity contribution < 1.29 is 0 Å². The monoisotopic (exact) mass is 482 g/mol. The average molecular weight is 483 g/mol. The number of hydrogen-bond donors (Lipinski definition) is 0. The molecule has 8 heteroatoms. The van der Waals surface area contributed by atoms with E-state index in [1.807, 2.05) is 45.8 Å². The van der Waals surface area contributed by atoms with Crippen molar-refractivity contribution in [3.8, 4) is 0 Å². The Balaban J connectivity index is 1.42. The second-order valence-corrected chi connectivity index (χ2v) is 9.41. The molecular weight excluding hydrogens is 448 g/mol. The van der Waals surface area contributed by atoms with E-state index in [0.717, 1.165) is 34.9 Å². The van der Waals surface area contributed by atoms with Gasteiger partial charge in [-0.05, 0) is 75.2 Å². The number of anilines is 2. The van der Waals surface area contributed by atoms with Crippen molar-refractivity contribution in [3.63, 3.8) is 0 Å². The fourth-order valence-electron chi connectivity index (χ4n) is 4.56. The molecule has 0 spiro atoms. The summed E-state index contributed by atoms with van der Waals surface area (Å²) in [6.45, 7) is 10.3. The average Bonchev–Trinajstić information content (AvgIpc) is 3.53. The molecule has 0 aliphatic heterocycles. The van der Waals surface area contributed by atoms with Crippen LogP contribution in [0.5, 0.6) is 0 Å². The lowest BCUT2D eigenvalue weighted by Gasteiger charge is -2.33. The summed E-state index contributed by atoms with van der Waals surface area (Å²) >= 11 is 0. The molecule has 0 aliphatic rings. The van der Waals surface area contributed by atoms with Gasteiger partial charge in [-0.15, -0.1) is 10.2 Å². The first-order valence-electron chi connectivity index (χ1n) is 12.8. The minimum atomic E-state index is 0.353. The highest BCUT2D eigenvalue weighted by Gasteiger charge is 2.19. The molecule has 186 valence electrons. The van der Waals surface area contributed by atoms with Crippen LogP contribution in [0.1, 0.15) is 40.5 Å². The van der Waals surface area contributed by atoms with Gasteiger partial charge in [-0.3, -0.25) is 0 Å². The van der Waals surface area contributed by atoms with Gasteiger partial charge in [0, 0.05) is 23.5 Å². The van der Waals surface area contributed by atoms with E-state index in [9.17, 15) is 0 Å². The Morgan fingerprint density at radius 3 is 1.39 bits per heavy atom. The van der Waals surface area contributed by atoms with Crippen LogP contribution in [-0.2, 0) is 13.3 Å². The molecule has 0 radical (unpaired) electrons. The van der Waals surface area contributed by atoms with Crippen LogP contribution in [-0.4, -0.2) is 42.1 Å². The lowest BCUT2D eigenvalue weighted by molar-refractivity contribution is 0.507. The Bertz CT molecular complexity index is 1310. The summed E-state index contributed by atoms with van der Waals surface area (Å²) < 4.78 is 3.97. The van der Waals surface area contributed by atoms with Gasteiger partial charge in [0.15, 0.2) is 0 Å². The van der Waals surface area contributed by atoms with E-state index in [4.69, 9.17) is 0 Å². The van der Waals surface area contributed by atoms with Gasteiger partial charge in [-0.25, -0.2) is 9.36 Å². The fourth-order valence-corrected chi connectivity index (χ4v) is 4.56. The topological polar surface area (TPSA) is 67.9 Å². The van der Waals surface area contributed by atoms with Gasteiger partial charge in [0.25, 0.3) is 0 Å². The molecule has 0 fully saturated rings. The van der Waals surface area contributed by atoms with E-state index in [2.05, 4.69) is 94.5 Å². The summed E-state index contributed by atoms with van der Waals surface area (Å²) in [6.07, 6.45) is 2.07. The third-order valence-electron chi connectivity index (χ3n) is 7.17. The largest absolute Gasteiger partial charge is 0.349 e. The Labute approximate surface area is 212 Å². The third kappa shape index (κ3) is 4.63. The molecule has 8 nitrogen and oxygen atoms in total. The predicted molar refractivity (Wildman–Crippen MR) is 146 cm³/mol. The Morgan fingerprint density at radius 1 is 0.611 bits per heavy atom. The number of hydrogen-bond acceptors (Lipinski definition) is 6. The molecule has 2 atom stereocenters. The van der Waals surface area contributed by atoms with Crippen LogP contribution in [0.4, 0.5) is 11.4 Å². The predicted octanol–water partition coefficient (Wildman–Crippen LogP) is 5.70. The van der Waals surface area contributed by atoms with Gasteiger partial charge >= 0.3 is 0 Å². The number of nitrogens with zero attached hydrogens (tertiary/aromatic N) is 8. The van der Waals surface area contributed by atoms with Crippen LogP contribution in [0, 0.1) is 0 Å². The van der Waals surface area contributed by atoms with Crippen molar-refractivity contribution in [2.45, 2.75) is 66.0 Å². The van der Waals surface area contributed by atoms with Crippen LogP contribution in [0.2, 0.25) is 0 Å². The maximum atomic E-state index is 4.43. The summed E-state index contributed by atoms with van der Waals surface area (Å²) in [6, 6.07) is 25.8. The number of benzene rings is 3. The van der Waals surface area contributed by atoms with Crippen molar-refractivity contribution in [2.24, 2.45) is 0 Å². The van der Waals surface area contributed by atoms with Crippen molar-refractivity contribution in [1.29, 1.82) is 0 Å². The molecule has 5 rings (SSSR count). The molecule has 0 amide bonds. The minimum absolute atomic E-state index is 0.353. The Morgan fingerprint density at radius 2 is 1.00 bits per heavy atom. The second kappa shape index (κ2) is 10.4. The zero-order valence-corrected chi connectivity index (χ0v) is 21.5. The van der Waals surface area contributed by atoms with Crippen LogP contribution in [0.3, 0.4) is 0 Å². The molecule has 3 aromatic carbocycles. The quantitative estimate of drug-likeness (QED) is 0.254. The standard InChI is InChI=1S/C28H34N8/c1-5-21(3)33(19-35-27-13-9-7-11-25(27)29-31-35)23-15-17-24(18-16-23)34(22(4)6-2)20-36-28-14-10-8-12-26(28)30-32-36/h7-18,21-22H,5-6,19-20H2,1-4H3. The highest BCUT2D eigenvalue weighted by Crippen LogP contribution is 2.27. The maximum Gasteiger partial charge on any atom is 0.114 e. The zero-order chi connectivity index (χ0) is 25.1. The molecule has 5 aromatic rings. The van der Waals surface area contributed by atoms with Gasteiger partial charge in [-0.1, -0.05) is 48.5 Å². The van der Waals surface area contributed by atoms with E-state index in [1.54, 1.807) is 0 Å². The summed E-state index contributed by atoms with van der Waals surface area (Å²) in [7, 11) is 0. The zero-order valence-electron chi connectivity index (χ0n) is 21.5. The van der Waals surface area contributed by atoms with Crippen molar-refractivity contribution in [1.82, 2.24) is 30.0 Å². The lowest BCUT2D eigenvalue weighted by atomic mass is 10.1. The molecule has 36 heavy (non-hydrogen) atoms. The first kappa shape index (κ1) is 23.8. The van der Waals surface area contributed by atoms with Crippen molar-refractivity contribution in [3.05, 3.63) is 72.8 Å². The SMILES string of the molecule is CCC(C)N(Cn1nnc2ccccc21)c1ccc(N(Cn2nnc3ccccc32)C(C)CC)cc1. The number of aromatic nitrogens is 6. The summed E-state index contributed by atoms with van der Waals surface area (Å²) in [5.41, 5.74) is 6.27. The van der Waals surface area contributed by atoms with Crippen LogP contribution in [0.25, 0.3) is 22.1 Å². The number of fused-ring (bicyclic) bond motifs is 2. The van der Waals surface area contributed by atoms with Gasteiger partial charge < -0.3 is 9.80 Å². The number of rotatable bonds is 10. The minimum Gasteiger partial charge on any atom is -0.349 e. The van der Waals surface area contributed by atoms with Crippen LogP contribution < -0.4 is 9.80 Å². The first-order valence-corrected chi connectivity index (χ1v) is 12.8. The molecule has 0 saturated carbocycles. The molecule has 0 N–H and O–H groups in total. The van der Waals surface area contributed by atoms with Crippen LogP contribution in [0.15, 0.2) is 72.8 Å². The highest BCUT2D eigenvalue weighted by molar-refractivity contribution is 5.74. The fraction of sp³-hybridized carbons (Fsp3) is 0.357. The smallest absolute Gasteiger partial charge is 0.114 e. The molecule has 0 saturated heterocycles.